The molecule has 0 aliphatic heterocycles. The maximum absolute atomic E-state index is 5.55. The number of nitrogens with zero attached hydrogens (tertiary/aromatic N) is 2. The van der Waals surface area contributed by atoms with Gasteiger partial charge in [-0.05, 0) is 46.2 Å². The lowest BCUT2D eigenvalue weighted by Crippen LogP contribution is -2.25. The molecule has 0 bridgehead atoms. The van der Waals surface area contributed by atoms with Crippen molar-refractivity contribution in [2.45, 2.75) is 60.1 Å². The number of hydrogen-bond donors (Lipinski definition) is 1. The lowest BCUT2D eigenvalue weighted by Gasteiger charge is -2.15. The Kier molecular flexibility index (Phi) is 6.38. The molecule has 1 unspecified atom stereocenters. The Morgan fingerprint density at radius 2 is 1.68 bits per heavy atom. The van der Waals surface area contributed by atoms with E-state index in [2.05, 4.69) is 43.0 Å². The van der Waals surface area contributed by atoms with E-state index in [1.54, 1.807) is 0 Å². The monoisotopic (exact) mass is 265 g/mol. The summed E-state index contributed by atoms with van der Waals surface area (Å²) in [5, 5.41) is 3.43. The summed E-state index contributed by atoms with van der Waals surface area (Å²) >= 11 is 0. The van der Waals surface area contributed by atoms with Crippen LogP contribution in [-0.4, -0.2) is 29.2 Å². The predicted octanol–water partition coefficient (Wildman–Crippen LogP) is 2.73. The van der Waals surface area contributed by atoms with Crippen molar-refractivity contribution < 1.29 is 4.74 Å². The first kappa shape index (κ1) is 16.1. The first-order valence-corrected chi connectivity index (χ1v) is 7.14. The van der Waals surface area contributed by atoms with Gasteiger partial charge in [-0.1, -0.05) is 13.8 Å². The van der Waals surface area contributed by atoms with Crippen LogP contribution in [0.4, 0.5) is 0 Å². The third kappa shape index (κ3) is 4.88. The molecule has 0 aliphatic rings. The number of aryl methyl sites for hydroxylation is 2. The summed E-state index contributed by atoms with van der Waals surface area (Å²) in [5.74, 6) is 0.789. The lowest BCUT2D eigenvalue weighted by atomic mass is 10.1. The third-order valence-corrected chi connectivity index (χ3v) is 3.15. The van der Waals surface area contributed by atoms with Gasteiger partial charge in [0, 0.05) is 24.0 Å². The zero-order valence-corrected chi connectivity index (χ0v) is 13.1. The first-order valence-electron chi connectivity index (χ1n) is 7.14. The largest absolute Gasteiger partial charge is 0.371 e. The summed E-state index contributed by atoms with van der Waals surface area (Å²) in [6, 6.07) is 0.513. The van der Waals surface area contributed by atoms with E-state index in [1.807, 2.05) is 13.8 Å². The first-order chi connectivity index (χ1) is 8.95. The molecule has 19 heavy (non-hydrogen) atoms. The van der Waals surface area contributed by atoms with Crippen LogP contribution in [0.2, 0.25) is 0 Å². The minimum atomic E-state index is -0.0368. The van der Waals surface area contributed by atoms with Gasteiger partial charge in [-0.15, -0.1) is 0 Å². The van der Waals surface area contributed by atoms with Gasteiger partial charge in [0.25, 0.3) is 0 Å². The van der Waals surface area contributed by atoms with Crippen LogP contribution in [0.1, 0.15) is 56.6 Å². The fourth-order valence-electron chi connectivity index (χ4n) is 2.12. The molecule has 0 aliphatic carbocycles. The Balaban J connectivity index is 2.79. The molecule has 1 aromatic heterocycles. The second-order valence-electron chi connectivity index (χ2n) is 5.19. The number of nitrogens with one attached hydrogen (secondary N) is 1. The van der Waals surface area contributed by atoms with Gasteiger partial charge < -0.3 is 10.1 Å². The molecule has 1 N–H and O–H groups in total. The summed E-state index contributed by atoms with van der Waals surface area (Å²) in [5.41, 5.74) is 3.39. The van der Waals surface area contributed by atoms with Gasteiger partial charge in [-0.2, -0.15) is 0 Å². The molecule has 1 aromatic rings. The van der Waals surface area contributed by atoms with Crippen LogP contribution in [0.25, 0.3) is 0 Å². The Hall–Kier alpha value is -1.00. The van der Waals surface area contributed by atoms with Gasteiger partial charge in [-0.3, -0.25) is 0 Å². The quantitative estimate of drug-likeness (QED) is 0.823. The average Bonchev–Trinajstić information content (AvgIpc) is 2.32. The van der Waals surface area contributed by atoms with Gasteiger partial charge in [0.05, 0.1) is 0 Å². The average molecular weight is 265 g/mol. The van der Waals surface area contributed by atoms with Gasteiger partial charge in [0.2, 0.25) is 0 Å². The summed E-state index contributed by atoms with van der Waals surface area (Å²) in [4.78, 5) is 9.17. The molecule has 1 rings (SSSR count). The third-order valence-electron chi connectivity index (χ3n) is 3.15. The number of hydrogen-bond acceptors (Lipinski definition) is 4. The van der Waals surface area contributed by atoms with Crippen molar-refractivity contribution in [3.8, 4) is 0 Å². The standard InChI is InChI=1S/C15H27N3O/c1-7-19-13(6)15-17-11(4)14(12(5)18-15)8-9-16-10(2)3/h10,13,16H,7-9H2,1-6H3. The van der Waals surface area contributed by atoms with Crippen molar-refractivity contribution in [3.63, 3.8) is 0 Å². The van der Waals surface area contributed by atoms with E-state index < -0.39 is 0 Å². The van der Waals surface area contributed by atoms with Crippen LogP contribution in [-0.2, 0) is 11.2 Å². The fourth-order valence-corrected chi connectivity index (χ4v) is 2.12. The van der Waals surface area contributed by atoms with Crippen molar-refractivity contribution in [1.82, 2.24) is 15.3 Å². The van der Waals surface area contributed by atoms with Crippen LogP contribution in [0, 0.1) is 13.8 Å². The van der Waals surface area contributed by atoms with Gasteiger partial charge in [0.1, 0.15) is 6.10 Å². The molecule has 108 valence electrons. The van der Waals surface area contributed by atoms with Crippen LogP contribution in [0.5, 0.6) is 0 Å². The number of ether oxygens (including phenoxy) is 1. The summed E-state index contributed by atoms with van der Waals surface area (Å²) in [6.45, 7) is 14.1. The minimum absolute atomic E-state index is 0.0368. The zero-order valence-electron chi connectivity index (χ0n) is 13.1. The Morgan fingerprint density at radius 3 is 2.16 bits per heavy atom. The highest BCUT2D eigenvalue weighted by Gasteiger charge is 2.13. The summed E-state index contributed by atoms with van der Waals surface area (Å²) in [6.07, 6.45) is 0.935. The summed E-state index contributed by atoms with van der Waals surface area (Å²) < 4.78 is 5.55. The van der Waals surface area contributed by atoms with E-state index in [0.717, 1.165) is 30.2 Å². The predicted molar refractivity (Wildman–Crippen MR) is 78.4 cm³/mol. The number of aromatic nitrogens is 2. The lowest BCUT2D eigenvalue weighted by molar-refractivity contribution is 0.0697. The van der Waals surface area contributed by atoms with E-state index in [-0.39, 0.29) is 6.10 Å². The highest BCUT2D eigenvalue weighted by atomic mass is 16.5. The van der Waals surface area contributed by atoms with E-state index in [9.17, 15) is 0 Å². The van der Waals surface area contributed by atoms with Crippen molar-refractivity contribution in [2.24, 2.45) is 0 Å². The zero-order chi connectivity index (χ0) is 14.4. The van der Waals surface area contributed by atoms with E-state index in [0.29, 0.717) is 12.6 Å². The molecule has 1 heterocycles. The molecule has 0 saturated carbocycles. The highest BCUT2D eigenvalue weighted by molar-refractivity contribution is 5.25. The molecule has 0 spiro atoms. The topological polar surface area (TPSA) is 47.0 Å². The van der Waals surface area contributed by atoms with Gasteiger partial charge in [0.15, 0.2) is 5.82 Å². The van der Waals surface area contributed by atoms with Gasteiger partial charge in [-0.25, -0.2) is 9.97 Å². The van der Waals surface area contributed by atoms with Crippen molar-refractivity contribution in [1.29, 1.82) is 0 Å². The molecule has 0 amide bonds. The Bertz CT molecular complexity index is 381. The van der Waals surface area contributed by atoms with Crippen molar-refractivity contribution in [2.75, 3.05) is 13.2 Å². The van der Waals surface area contributed by atoms with E-state index in [4.69, 9.17) is 4.74 Å². The number of rotatable bonds is 7. The molecular weight excluding hydrogens is 238 g/mol. The second-order valence-corrected chi connectivity index (χ2v) is 5.19. The summed E-state index contributed by atoms with van der Waals surface area (Å²) in [7, 11) is 0. The van der Waals surface area contributed by atoms with Crippen LogP contribution >= 0.6 is 0 Å². The molecule has 4 heteroatoms. The van der Waals surface area contributed by atoms with E-state index in [1.165, 1.54) is 5.56 Å². The molecule has 4 nitrogen and oxygen atoms in total. The van der Waals surface area contributed by atoms with Crippen molar-refractivity contribution in [3.05, 3.63) is 22.8 Å². The molecule has 0 fully saturated rings. The molecule has 0 saturated heterocycles. The molecule has 1 atom stereocenters. The Labute approximate surface area is 117 Å². The van der Waals surface area contributed by atoms with Crippen LogP contribution in [0.3, 0.4) is 0 Å². The SMILES string of the molecule is CCOC(C)c1nc(C)c(CCNC(C)C)c(C)n1. The molecular formula is C15H27N3O. The molecule has 0 radical (unpaired) electrons. The maximum atomic E-state index is 5.55. The van der Waals surface area contributed by atoms with E-state index >= 15 is 0 Å². The van der Waals surface area contributed by atoms with Gasteiger partial charge >= 0.3 is 0 Å². The van der Waals surface area contributed by atoms with Crippen molar-refractivity contribution >= 4 is 0 Å². The highest BCUT2D eigenvalue weighted by Crippen LogP contribution is 2.17. The minimum Gasteiger partial charge on any atom is -0.371 e. The van der Waals surface area contributed by atoms with Crippen LogP contribution in [0.15, 0.2) is 0 Å². The second kappa shape index (κ2) is 7.56. The fraction of sp³-hybridized carbons (Fsp3) is 0.733. The smallest absolute Gasteiger partial charge is 0.157 e. The maximum Gasteiger partial charge on any atom is 0.157 e. The molecule has 0 aromatic carbocycles. The van der Waals surface area contributed by atoms with Crippen LogP contribution < -0.4 is 5.32 Å². The Morgan fingerprint density at radius 1 is 1.11 bits per heavy atom. The normalized spacial score (nSPS) is 13.0.